The van der Waals surface area contributed by atoms with Crippen molar-refractivity contribution in [2.75, 3.05) is 0 Å². The predicted octanol–water partition coefficient (Wildman–Crippen LogP) is 11.1. The lowest BCUT2D eigenvalue weighted by molar-refractivity contribution is -0.0207. The molecule has 0 aromatic rings. The highest BCUT2D eigenvalue weighted by atomic mass is 15.2. The first-order chi connectivity index (χ1) is 18.8. The molecule has 0 aromatic heterocycles. The van der Waals surface area contributed by atoms with E-state index >= 15 is 0 Å². The van der Waals surface area contributed by atoms with Crippen LogP contribution in [0.5, 0.6) is 0 Å². The summed E-state index contributed by atoms with van der Waals surface area (Å²) in [7, 11) is 0. The van der Waals surface area contributed by atoms with E-state index in [9.17, 15) is 0 Å². The van der Waals surface area contributed by atoms with E-state index in [0.717, 1.165) is 29.8 Å². The van der Waals surface area contributed by atoms with Gasteiger partial charge in [0.25, 0.3) is 0 Å². The summed E-state index contributed by atoms with van der Waals surface area (Å²) in [4.78, 5) is 3.28. The lowest BCUT2D eigenvalue weighted by atomic mass is 9.68. The minimum Gasteiger partial charge on any atom is -0.290 e. The van der Waals surface area contributed by atoms with Gasteiger partial charge in [-0.25, -0.2) is 0 Å². The van der Waals surface area contributed by atoms with Crippen molar-refractivity contribution in [3.8, 4) is 0 Å². The zero-order valence-electron chi connectivity index (χ0n) is 25.2. The lowest BCUT2D eigenvalue weighted by Crippen LogP contribution is -2.58. The predicted molar refractivity (Wildman–Crippen MR) is 165 cm³/mol. The molecule has 5 unspecified atom stereocenters. The summed E-state index contributed by atoms with van der Waals surface area (Å²) < 4.78 is 0. The Kier molecular flexibility index (Phi) is 11.1. The van der Waals surface area contributed by atoms with Gasteiger partial charge in [0.15, 0.2) is 0 Å². The highest BCUT2D eigenvalue weighted by molar-refractivity contribution is 5.34. The van der Waals surface area contributed by atoms with Gasteiger partial charge in [-0.2, -0.15) is 0 Å². The Hall–Kier alpha value is -0.820. The molecule has 1 nitrogen and oxygen atoms in total. The number of allylic oxidation sites excluding steroid dienone is 2. The summed E-state index contributed by atoms with van der Waals surface area (Å²) in [6.45, 7) is 7.40. The first-order valence-corrected chi connectivity index (χ1v) is 17.6. The second kappa shape index (κ2) is 14.7. The Morgan fingerprint density at radius 2 is 1.45 bits per heavy atom. The van der Waals surface area contributed by atoms with E-state index in [1.165, 1.54) is 154 Å². The molecule has 5 atom stereocenters. The SMILES string of the molecule is C=C(C1=CCCCC1)C(CCCC)N(C1CCCCC1C1=CCCCC1)C1CCCCC1C1CCCCC1. The van der Waals surface area contributed by atoms with Crippen LogP contribution in [0.25, 0.3) is 0 Å². The first kappa shape index (κ1) is 28.7. The molecule has 214 valence electrons. The smallest absolute Gasteiger partial charge is 0.0351 e. The van der Waals surface area contributed by atoms with Crippen molar-refractivity contribution in [2.24, 2.45) is 17.8 Å². The van der Waals surface area contributed by atoms with Crippen molar-refractivity contribution in [1.29, 1.82) is 0 Å². The van der Waals surface area contributed by atoms with Crippen LogP contribution in [0.15, 0.2) is 35.5 Å². The fourth-order valence-corrected chi connectivity index (χ4v) is 9.68. The van der Waals surface area contributed by atoms with E-state index in [-0.39, 0.29) is 0 Å². The van der Waals surface area contributed by atoms with Crippen LogP contribution in [0.4, 0.5) is 0 Å². The van der Waals surface area contributed by atoms with Gasteiger partial charge in [-0.15, -0.1) is 0 Å². The molecule has 1 heteroatoms. The fourth-order valence-electron chi connectivity index (χ4n) is 9.68. The van der Waals surface area contributed by atoms with Crippen LogP contribution < -0.4 is 0 Å². The van der Waals surface area contributed by atoms with Crippen LogP contribution >= 0.6 is 0 Å². The summed E-state index contributed by atoms with van der Waals surface area (Å²) in [5, 5.41) is 0. The average Bonchev–Trinajstić information content (AvgIpc) is 3.00. The summed E-state index contributed by atoms with van der Waals surface area (Å²) in [5.41, 5.74) is 5.07. The molecule has 0 heterocycles. The minimum absolute atomic E-state index is 0.572. The summed E-state index contributed by atoms with van der Waals surface area (Å²) in [5.74, 6) is 2.74. The Morgan fingerprint density at radius 3 is 2.16 bits per heavy atom. The molecule has 0 bridgehead atoms. The second-order valence-electron chi connectivity index (χ2n) is 14.0. The van der Waals surface area contributed by atoms with Gasteiger partial charge in [0.05, 0.1) is 0 Å². The van der Waals surface area contributed by atoms with E-state index < -0.39 is 0 Å². The monoisotopic (exact) mass is 519 g/mol. The topological polar surface area (TPSA) is 3.24 Å². The van der Waals surface area contributed by atoms with Crippen molar-refractivity contribution >= 4 is 0 Å². The average molecular weight is 520 g/mol. The van der Waals surface area contributed by atoms with Crippen LogP contribution in [0.2, 0.25) is 0 Å². The molecule has 5 rings (SSSR count). The van der Waals surface area contributed by atoms with Gasteiger partial charge in [0.1, 0.15) is 0 Å². The van der Waals surface area contributed by atoms with Crippen LogP contribution in [0.3, 0.4) is 0 Å². The molecule has 0 aliphatic heterocycles. The Balaban J connectivity index is 1.53. The number of unbranched alkanes of at least 4 members (excludes halogenated alkanes) is 1. The van der Waals surface area contributed by atoms with Crippen molar-refractivity contribution in [1.82, 2.24) is 4.90 Å². The number of rotatable bonds is 10. The zero-order valence-corrected chi connectivity index (χ0v) is 25.2. The molecular formula is C37H61N. The molecule has 5 aliphatic carbocycles. The number of nitrogens with zero attached hydrogens (tertiary/aromatic N) is 1. The normalized spacial score (nSPS) is 32.5. The molecular weight excluding hydrogens is 458 g/mol. The maximum Gasteiger partial charge on any atom is 0.0351 e. The third-order valence-electron chi connectivity index (χ3n) is 11.6. The van der Waals surface area contributed by atoms with Crippen molar-refractivity contribution < 1.29 is 0 Å². The zero-order chi connectivity index (χ0) is 26.2. The van der Waals surface area contributed by atoms with Crippen molar-refractivity contribution in [2.45, 2.75) is 179 Å². The maximum atomic E-state index is 4.99. The van der Waals surface area contributed by atoms with Crippen LogP contribution in [-0.2, 0) is 0 Å². The molecule has 3 saturated carbocycles. The highest BCUT2D eigenvalue weighted by Gasteiger charge is 2.45. The molecule has 0 radical (unpaired) electrons. The van der Waals surface area contributed by atoms with Gasteiger partial charge in [-0.1, -0.05) is 102 Å². The van der Waals surface area contributed by atoms with E-state index in [1.807, 2.05) is 5.57 Å². The highest BCUT2D eigenvalue weighted by Crippen LogP contribution is 2.47. The van der Waals surface area contributed by atoms with E-state index in [0.29, 0.717) is 6.04 Å². The largest absolute Gasteiger partial charge is 0.290 e. The van der Waals surface area contributed by atoms with Gasteiger partial charge in [-0.05, 0) is 112 Å². The van der Waals surface area contributed by atoms with E-state index in [4.69, 9.17) is 6.58 Å². The van der Waals surface area contributed by atoms with Crippen LogP contribution in [0, 0.1) is 17.8 Å². The third-order valence-corrected chi connectivity index (χ3v) is 11.6. The van der Waals surface area contributed by atoms with Gasteiger partial charge in [0.2, 0.25) is 0 Å². The maximum absolute atomic E-state index is 4.99. The molecule has 3 fully saturated rings. The van der Waals surface area contributed by atoms with Gasteiger partial charge in [0, 0.05) is 18.1 Å². The number of hydrogen-bond acceptors (Lipinski definition) is 1. The lowest BCUT2D eigenvalue weighted by Gasteiger charge is -2.54. The standard InChI is InChI=1S/C37H61N/c1-3-4-26-35(29(2)30-18-8-5-9-19-30)38(36-27-16-14-24-33(36)31-20-10-6-11-21-31)37-28-17-15-25-34(37)32-22-12-7-13-23-32/h18,20,32-37H,2-17,19,21-28H2,1H3. The summed E-state index contributed by atoms with van der Waals surface area (Å²) >= 11 is 0. The molecule has 38 heavy (non-hydrogen) atoms. The first-order valence-electron chi connectivity index (χ1n) is 17.6. The Labute approximate surface area is 237 Å². The third kappa shape index (κ3) is 6.90. The van der Waals surface area contributed by atoms with Gasteiger partial charge >= 0.3 is 0 Å². The van der Waals surface area contributed by atoms with Crippen molar-refractivity contribution in [3.63, 3.8) is 0 Å². The molecule has 0 amide bonds. The van der Waals surface area contributed by atoms with Gasteiger partial charge in [-0.3, -0.25) is 4.90 Å². The van der Waals surface area contributed by atoms with Crippen LogP contribution in [0.1, 0.15) is 161 Å². The summed E-state index contributed by atoms with van der Waals surface area (Å²) in [6.07, 6.45) is 39.4. The Morgan fingerprint density at radius 1 is 0.763 bits per heavy atom. The number of hydrogen-bond donors (Lipinski definition) is 0. The molecule has 0 aromatic carbocycles. The molecule has 0 spiro atoms. The molecule has 5 aliphatic rings. The minimum atomic E-state index is 0.572. The molecule has 0 N–H and O–H groups in total. The van der Waals surface area contributed by atoms with E-state index in [1.54, 1.807) is 11.1 Å². The molecule has 0 saturated heterocycles. The Bertz CT molecular complexity index is 798. The quantitative estimate of drug-likeness (QED) is 0.259. The van der Waals surface area contributed by atoms with Crippen molar-refractivity contribution in [3.05, 3.63) is 35.5 Å². The van der Waals surface area contributed by atoms with E-state index in [2.05, 4.69) is 24.0 Å². The van der Waals surface area contributed by atoms with Crippen LogP contribution in [-0.4, -0.2) is 23.0 Å². The second-order valence-corrected chi connectivity index (χ2v) is 14.0. The fraction of sp³-hybridized carbons (Fsp3) is 0.838. The van der Waals surface area contributed by atoms with Gasteiger partial charge < -0.3 is 0 Å². The summed E-state index contributed by atoms with van der Waals surface area (Å²) in [6, 6.07) is 2.12.